The third kappa shape index (κ3) is 10.8. The first-order valence-corrected chi connectivity index (χ1v) is 16.9. The largest absolute Gasteiger partial charge is 0.480 e. The lowest BCUT2D eigenvalue weighted by Gasteiger charge is -2.29. The van der Waals surface area contributed by atoms with Crippen LogP contribution in [0.3, 0.4) is 0 Å². The zero-order valence-electron chi connectivity index (χ0n) is 29.2. The van der Waals surface area contributed by atoms with Crippen LogP contribution in [-0.2, 0) is 56.1 Å². The minimum absolute atomic E-state index is 0.169. The highest BCUT2D eigenvalue weighted by Crippen LogP contribution is 2.40. The first kappa shape index (κ1) is 38.9. The number of aliphatic carboxylic acids is 1. The molecule has 0 aliphatic carbocycles. The molecule has 2 fully saturated rings. The van der Waals surface area contributed by atoms with Crippen LogP contribution < -0.4 is 21.7 Å². The van der Waals surface area contributed by atoms with Crippen LogP contribution >= 0.6 is 0 Å². The Morgan fingerprint density at radius 3 is 2.12 bits per heavy atom. The highest BCUT2D eigenvalue weighted by atomic mass is 16.8. The molecule has 0 saturated carbocycles. The number of carboxylic acid groups (broad SMARTS) is 1. The summed E-state index contributed by atoms with van der Waals surface area (Å²) in [7, 11) is 0. The maximum atomic E-state index is 13.3. The number of amides is 3. The van der Waals surface area contributed by atoms with Crippen LogP contribution in [0.25, 0.3) is 0 Å². The predicted molar refractivity (Wildman–Crippen MR) is 181 cm³/mol. The SMILES string of the molecule is CC[C@H](C)[C@H](NC(=O)[C@H](C)NC(=O)C[C@H](N)C1O[C@@H]2OC(C)(C)O[C@@H]2[C@H]1OCc1ccccc1)C(=O)N[C@@H](COCc1ccccc1)C(=O)O. The molecule has 0 radical (unpaired) electrons. The predicted octanol–water partition coefficient (Wildman–Crippen LogP) is 1.99. The van der Waals surface area contributed by atoms with Crippen molar-refractivity contribution in [1.82, 2.24) is 16.0 Å². The van der Waals surface area contributed by atoms with Gasteiger partial charge in [0.15, 0.2) is 18.1 Å². The molecule has 274 valence electrons. The Bertz CT molecular complexity index is 1430. The summed E-state index contributed by atoms with van der Waals surface area (Å²) in [4.78, 5) is 51.5. The van der Waals surface area contributed by atoms with Crippen LogP contribution in [0, 0.1) is 5.92 Å². The fraction of sp³-hybridized carbons (Fsp3) is 0.556. The number of carboxylic acids is 1. The van der Waals surface area contributed by atoms with Crippen molar-refractivity contribution in [3.05, 3.63) is 71.8 Å². The highest BCUT2D eigenvalue weighted by molar-refractivity contribution is 5.93. The van der Waals surface area contributed by atoms with Crippen molar-refractivity contribution in [2.75, 3.05) is 6.61 Å². The molecular weight excluding hydrogens is 648 g/mol. The molecule has 2 heterocycles. The van der Waals surface area contributed by atoms with Crippen molar-refractivity contribution in [1.29, 1.82) is 0 Å². The van der Waals surface area contributed by atoms with E-state index in [0.29, 0.717) is 6.42 Å². The van der Waals surface area contributed by atoms with E-state index in [0.717, 1.165) is 11.1 Å². The lowest BCUT2D eigenvalue weighted by Crippen LogP contribution is -2.58. The van der Waals surface area contributed by atoms with Crippen LogP contribution in [0.5, 0.6) is 0 Å². The van der Waals surface area contributed by atoms with Crippen LogP contribution in [0.2, 0.25) is 0 Å². The summed E-state index contributed by atoms with van der Waals surface area (Å²) in [5.74, 6) is -4.33. The van der Waals surface area contributed by atoms with Gasteiger partial charge >= 0.3 is 5.97 Å². The molecule has 2 aliphatic heterocycles. The van der Waals surface area contributed by atoms with Crippen molar-refractivity contribution >= 4 is 23.7 Å². The number of benzene rings is 2. The van der Waals surface area contributed by atoms with Crippen LogP contribution in [0.4, 0.5) is 0 Å². The number of hydrogen-bond acceptors (Lipinski definition) is 10. The van der Waals surface area contributed by atoms with Gasteiger partial charge in [0.25, 0.3) is 0 Å². The Balaban J connectivity index is 1.31. The minimum Gasteiger partial charge on any atom is -0.480 e. The first-order valence-electron chi connectivity index (χ1n) is 16.9. The molecule has 2 aliphatic rings. The summed E-state index contributed by atoms with van der Waals surface area (Å²) in [6.07, 6.45) is -2.34. The normalized spacial score (nSPS) is 23.9. The van der Waals surface area contributed by atoms with Crippen molar-refractivity contribution in [2.24, 2.45) is 11.7 Å². The maximum Gasteiger partial charge on any atom is 0.328 e. The van der Waals surface area contributed by atoms with Gasteiger partial charge in [0.05, 0.1) is 19.8 Å². The minimum atomic E-state index is -1.34. The Morgan fingerprint density at radius 2 is 1.52 bits per heavy atom. The second kappa shape index (κ2) is 17.8. The van der Waals surface area contributed by atoms with E-state index in [-0.39, 0.29) is 32.2 Å². The fourth-order valence-electron chi connectivity index (χ4n) is 5.79. The average molecular weight is 699 g/mol. The number of rotatable bonds is 18. The molecule has 9 atom stereocenters. The summed E-state index contributed by atoms with van der Waals surface area (Å²) in [5, 5.41) is 17.5. The second-order valence-corrected chi connectivity index (χ2v) is 13.3. The van der Waals surface area contributed by atoms with Crippen LogP contribution in [0.1, 0.15) is 58.6 Å². The monoisotopic (exact) mass is 698 g/mol. The molecule has 0 spiro atoms. The van der Waals surface area contributed by atoms with Gasteiger partial charge in [-0.2, -0.15) is 0 Å². The van der Waals surface area contributed by atoms with E-state index in [2.05, 4.69) is 16.0 Å². The molecule has 6 N–H and O–H groups in total. The number of carbonyl (C=O) groups is 4. The van der Waals surface area contributed by atoms with Gasteiger partial charge in [0.2, 0.25) is 17.7 Å². The maximum absolute atomic E-state index is 13.3. The van der Waals surface area contributed by atoms with Gasteiger partial charge in [-0.1, -0.05) is 80.9 Å². The molecule has 0 bridgehead atoms. The molecule has 2 aromatic carbocycles. The zero-order valence-corrected chi connectivity index (χ0v) is 29.2. The molecule has 3 amide bonds. The van der Waals surface area contributed by atoms with Gasteiger partial charge in [0.1, 0.15) is 30.4 Å². The number of nitrogens with two attached hydrogens (primary N) is 1. The number of hydrogen-bond donors (Lipinski definition) is 5. The lowest BCUT2D eigenvalue weighted by atomic mass is 9.97. The van der Waals surface area contributed by atoms with Crippen molar-refractivity contribution in [3.63, 3.8) is 0 Å². The second-order valence-electron chi connectivity index (χ2n) is 13.3. The third-order valence-electron chi connectivity index (χ3n) is 8.73. The van der Waals surface area contributed by atoms with Gasteiger partial charge in [-0.15, -0.1) is 0 Å². The summed E-state index contributed by atoms with van der Waals surface area (Å²) < 4.78 is 29.8. The van der Waals surface area contributed by atoms with Crippen molar-refractivity contribution < 1.29 is 48.0 Å². The molecular formula is C36H50N4O10. The fourth-order valence-corrected chi connectivity index (χ4v) is 5.79. The molecule has 0 aromatic heterocycles. The summed E-state index contributed by atoms with van der Waals surface area (Å²) in [5.41, 5.74) is 8.29. The molecule has 50 heavy (non-hydrogen) atoms. The van der Waals surface area contributed by atoms with Gasteiger partial charge in [-0.3, -0.25) is 14.4 Å². The van der Waals surface area contributed by atoms with Gasteiger partial charge in [-0.25, -0.2) is 4.79 Å². The molecule has 4 rings (SSSR count). The van der Waals surface area contributed by atoms with E-state index >= 15 is 0 Å². The summed E-state index contributed by atoms with van der Waals surface area (Å²) in [6, 6.07) is 14.5. The van der Waals surface area contributed by atoms with Crippen LogP contribution in [0.15, 0.2) is 60.7 Å². The van der Waals surface area contributed by atoms with Crippen LogP contribution in [-0.4, -0.2) is 90.0 Å². The number of fused-ring (bicyclic) bond motifs is 1. The third-order valence-corrected chi connectivity index (χ3v) is 8.73. The molecule has 14 nitrogen and oxygen atoms in total. The Hall–Kier alpha value is -3.92. The summed E-state index contributed by atoms with van der Waals surface area (Å²) in [6.45, 7) is 8.80. The standard InChI is InChI=1S/C36H50N4O10/c1-6-21(2)28(33(43)39-26(34(44)45)20-46-18-23-13-9-7-10-14-23)40-32(42)22(3)38-27(41)17-25(37)29-30(47-19-24-15-11-8-12-16-24)31-35(48-29)50-36(4,5)49-31/h7-16,21-22,25-26,28-31,35H,6,17-20,37H2,1-5H3,(H,38,41)(H,39,43)(H,40,42)(H,44,45)/t21-,22-,25-,26-,28-,29?,30-,31+,35+/m0/s1. The van der Waals surface area contributed by atoms with Gasteiger partial charge in [-0.05, 0) is 37.8 Å². The van der Waals surface area contributed by atoms with Gasteiger partial charge < -0.3 is 50.5 Å². The molecule has 2 aromatic rings. The smallest absolute Gasteiger partial charge is 0.328 e. The number of carbonyl (C=O) groups excluding carboxylic acids is 3. The van der Waals surface area contributed by atoms with Crippen molar-refractivity contribution in [3.8, 4) is 0 Å². The zero-order chi connectivity index (χ0) is 36.4. The van der Waals surface area contributed by atoms with E-state index in [1.807, 2.05) is 67.6 Å². The quantitative estimate of drug-likeness (QED) is 0.153. The number of nitrogens with one attached hydrogen (secondary N) is 3. The Kier molecular flexibility index (Phi) is 13.9. The molecule has 2 saturated heterocycles. The van der Waals surface area contributed by atoms with E-state index in [1.54, 1.807) is 20.8 Å². The molecule has 14 heteroatoms. The Labute approximate surface area is 292 Å². The van der Waals surface area contributed by atoms with E-state index in [9.17, 15) is 24.3 Å². The summed E-state index contributed by atoms with van der Waals surface area (Å²) >= 11 is 0. The van der Waals surface area contributed by atoms with Crippen molar-refractivity contribution in [2.45, 2.75) is 115 Å². The van der Waals surface area contributed by atoms with E-state index in [4.69, 9.17) is 29.4 Å². The topological polar surface area (TPSA) is 197 Å². The highest BCUT2D eigenvalue weighted by Gasteiger charge is 2.56. The Morgan fingerprint density at radius 1 is 0.900 bits per heavy atom. The molecule has 1 unspecified atom stereocenters. The van der Waals surface area contributed by atoms with E-state index < -0.39 is 78.2 Å². The number of ether oxygens (including phenoxy) is 5. The van der Waals surface area contributed by atoms with Gasteiger partial charge in [0, 0.05) is 12.5 Å². The first-order chi connectivity index (χ1) is 23.8. The average Bonchev–Trinajstić information content (AvgIpc) is 3.57. The van der Waals surface area contributed by atoms with E-state index in [1.165, 1.54) is 6.92 Å². The lowest BCUT2D eigenvalue weighted by molar-refractivity contribution is -0.221.